The van der Waals surface area contributed by atoms with Crippen molar-refractivity contribution in [3.8, 4) is 0 Å². The number of hydrogen-bond acceptors (Lipinski definition) is 5. The van der Waals surface area contributed by atoms with Crippen molar-refractivity contribution in [1.29, 1.82) is 0 Å². The van der Waals surface area contributed by atoms with E-state index < -0.39 is 32.0 Å². The molecule has 0 spiro atoms. The lowest BCUT2D eigenvalue weighted by molar-refractivity contribution is -0.153. The van der Waals surface area contributed by atoms with Crippen molar-refractivity contribution in [1.82, 2.24) is 5.32 Å². The third kappa shape index (κ3) is 6.09. The van der Waals surface area contributed by atoms with Gasteiger partial charge in [0.25, 0.3) is 0 Å². The molecule has 0 aromatic carbocycles. The van der Waals surface area contributed by atoms with E-state index in [4.69, 9.17) is 13.9 Å². The fourth-order valence-corrected chi connectivity index (χ4v) is 3.15. The molecule has 1 saturated heterocycles. The van der Waals surface area contributed by atoms with E-state index in [-0.39, 0.29) is 11.0 Å². The van der Waals surface area contributed by atoms with Gasteiger partial charge in [-0.2, -0.15) is 0 Å². The van der Waals surface area contributed by atoms with Crippen LogP contribution in [0.25, 0.3) is 0 Å². The van der Waals surface area contributed by atoms with E-state index in [1.807, 2.05) is 0 Å². The maximum Gasteiger partial charge on any atom is 0.408 e. The highest BCUT2D eigenvalue weighted by molar-refractivity contribution is 6.74. The highest BCUT2D eigenvalue weighted by Crippen LogP contribution is 2.37. The lowest BCUT2D eigenvalue weighted by Crippen LogP contribution is -2.53. The van der Waals surface area contributed by atoms with Crippen LogP contribution in [0.5, 0.6) is 0 Å². The van der Waals surface area contributed by atoms with Gasteiger partial charge in [0.1, 0.15) is 11.6 Å². The van der Waals surface area contributed by atoms with E-state index in [0.29, 0.717) is 19.6 Å². The molecule has 24 heavy (non-hydrogen) atoms. The first-order valence-electron chi connectivity index (χ1n) is 8.53. The van der Waals surface area contributed by atoms with Crippen molar-refractivity contribution in [3.05, 3.63) is 0 Å². The Balaban J connectivity index is 2.73. The molecule has 0 aromatic heterocycles. The van der Waals surface area contributed by atoms with E-state index in [9.17, 15) is 9.59 Å². The zero-order valence-corrected chi connectivity index (χ0v) is 17.3. The van der Waals surface area contributed by atoms with Gasteiger partial charge in [0.15, 0.2) is 8.32 Å². The van der Waals surface area contributed by atoms with Crippen molar-refractivity contribution in [2.45, 2.75) is 77.7 Å². The van der Waals surface area contributed by atoms with Crippen molar-refractivity contribution in [2.75, 3.05) is 13.2 Å². The molecule has 2 atom stereocenters. The summed E-state index contributed by atoms with van der Waals surface area (Å²) < 4.78 is 16.6. The average Bonchev–Trinajstić information content (AvgIpc) is 2.36. The van der Waals surface area contributed by atoms with E-state index in [1.54, 1.807) is 20.8 Å². The number of nitrogens with one attached hydrogen (secondary N) is 1. The molecular weight excluding hydrogens is 326 g/mol. The van der Waals surface area contributed by atoms with Crippen LogP contribution in [0, 0.1) is 5.92 Å². The molecule has 1 aliphatic heterocycles. The van der Waals surface area contributed by atoms with Crippen LogP contribution >= 0.6 is 0 Å². The van der Waals surface area contributed by atoms with Crippen LogP contribution in [0.15, 0.2) is 0 Å². The Labute approximate surface area is 146 Å². The van der Waals surface area contributed by atoms with Crippen molar-refractivity contribution >= 4 is 20.4 Å². The summed E-state index contributed by atoms with van der Waals surface area (Å²) in [7, 11) is -1.91. The average molecular weight is 360 g/mol. The van der Waals surface area contributed by atoms with Gasteiger partial charge >= 0.3 is 12.1 Å². The minimum Gasteiger partial charge on any atom is -0.464 e. The van der Waals surface area contributed by atoms with Gasteiger partial charge in [-0.1, -0.05) is 20.8 Å². The Hall–Kier alpha value is -1.08. The van der Waals surface area contributed by atoms with Gasteiger partial charge in [-0.25, -0.2) is 9.59 Å². The highest BCUT2D eigenvalue weighted by Gasteiger charge is 2.41. The van der Waals surface area contributed by atoms with Gasteiger partial charge in [-0.05, 0) is 45.3 Å². The maximum atomic E-state index is 12.1. The van der Waals surface area contributed by atoms with Crippen LogP contribution < -0.4 is 5.32 Å². The van der Waals surface area contributed by atoms with Gasteiger partial charge in [-0.15, -0.1) is 0 Å². The molecule has 140 valence electrons. The quantitative estimate of drug-likeness (QED) is 0.614. The Bertz CT molecular complexity index is 465. The van der Waals surface area contributed by atoms with Crippen LogP contribution in [0.3, 0.4) is 0 Å². The summed E-state index contributed by atoms with van der Waals surface area (Å²) in [6.45, 7) is 17.0. The first-order valence-corrected chi connectivity index (χ1v) is 11.4. The normalized spacial score (nSPS) is 22.8. The second kappa shape index (κ2) is 7.43. The lowest BCUT2D eigenvalue weighted by Gasteiger charge is -2.39. The smallest absolute Gasteiger partial charge is 0.408 e. The molecule has 0 aliphatic carbocycles. The fraction of sp³-hybridized carbons (Fsp3) is 0.882. The predicted octanol–water partition coefficient (Wildman–Crippen LogP) is 3.46. The third-order valence-electron chi connectivity index (χ3n) is 4.59. The minimum atomic E-state index is -1.91. The topological polar surface area (TPSA) is 73.9 Å². The number of rotatable bonds is 4. The monoisotopic (exact) mass is 359 g/mol. The number of amides is 1. The predicted molar refractivity (Wildman–Crippen MR) is 95.4 cm³/mol. The molecule has 1 heterocycles. The molecule has 1 rings (SSSR count). The van der Waals surface area contributed by atoms with E-state index in [1.165, 1.54) is 0 Å². The molecule has 0 radical (unpaired) electrons. The zero-order chi connectivity index (χ0) is 18.8. The van der Waals surface area contributed by atoms with Crippen LogP contribution in [-0.4, -0.2) is 45.2 Å². The summed E-state index contributed by atoms with van der Waals surface area (Å²) in [6, 6.07) is -0.724. The number of carbonyl (C=O) groups excluding carboxylic acids is 2. The zero-order valence-electron chi connectivity index (χ0n) is 16.3. The number of alkyl carbamates (subject to hydrolysis) is 1. The Morgan fingerprint density at radius 1 is 1.25 bits per heavy atom. The molecule has 1 N–H and O–H groups in total. The Morgan fingerprint density at radius 3 is 2.33 bits per heavy atom. The largest absolute Gasteiger partial charge is 0.464 e. The van der Waals surface area contributed by atoms with Crippen LogP contribution in [0.4, 0.5) is 4.79 Å². The van der Waals surface area contributed by atoms with E-state index in [0.717, 1.165) is 0 Å². The molecule has 7 heteroatoms. The summed E-state index contributed by atoms with van der Waals surface area (Å²) >= 11 is 0. The van der Waals surface area contributed by atoms with Crippen molar-refractivity contribution < 1.29 is 23.5 Å². The number of carbonyl (C=O) groups is 2. The molecule has 0 unspecified atom stereocenters. The number of cyclic esters (lactones) is 1. The van der Waals surface area contributed by atoms with Gasteiger partial charge < -0.3 is 19.2 Å². The van der Waals surface area contributed by atoms with Crippen molar-refractivity contribution in [3.63, 3.8) is 0 Å². The SMILES string of the molecule is CC(C)(C)OC(=O)N[C@@H]1C(=O)OCC[C@H]1CO[Si](C)(C)C(C)(C)C. The standard InChI is InChI=1S/C17H33NO5Si/c1-16(2,3)23-15(20)18-13-12(9-10-21-14(13)19)11-22-24(7,8)17(4,5)6/h12-13H,9-11H2,1-8H3,(H,18,20)/t12-,13-/m0/s1. The van der Waals surface area contributed by atoms with E-state index in [2.05, 4.69) is 39.2 Å². The molecule has 1 amide bonds. The number of esters is 1. The minimum absolute atomic E-state index is 0.0935. The molecule has 1 fully saturated rings. The second-order valence-corrected chi connectivity index (χ2v) is 13.7. The molecule has 6 nitrogen and oxygen atoms in total. The van der Waals surface area contributed by atoms with Gasteiger partial charge in [-0.3, -0.25) is 0 Å². The molecule has 1 aliphatic rings. The molecule has 0 saturated carbocycles. The summed E-state index contributed by atoms with van der Waals surface area (Å²) in [5.74, 6) is -0.524. The van der Waals surface area contributed by atoms with Gasteiger partial charge in [0.05, 0.1) is 6.61 Å². The van der Waals surface area contributed by atoms with Crippen LogP contribution in [0.2, 0.25) is 18.1 Å². The summed E-state index contributed by atoms with van der Waals surface area (Å²) in [4.78, 5) is 24.1. The highest BCUT2D eigenvalue weighted by atomic mass is 28.4. The van der Waals surface area contributed by atoms with Gasteiger partial charge in [0, 0.05) is 12.5 Å². The van der Waals surface area contributed by atoms with E-state index >= 15 is 0 Å². The molecule has 0 bridgehead atoms. The number of hydrogen-bond donors (Lipinski definition) is 1. The third-order valence-corrected chi connectivity index (χ3v) is 9.10. The molecule has 0 aromatic rings. The summed E-state index contributed by atoms with van der Waals surface area (Å²) in [5.41, 5.74) is -0.615. The first kappa shape index (κ1) is 21.0. The maximum absolute atomic E-state index is 12.1. The summed E-state index contributed by atoms with van der Waals surface area (Å²) in [5, 5.41) is 2.74. The summed E-state index contributed by atoms with van der Waals surface area (Å²) in [6.07, 6.45) is 0.0598. The first-order chi connectivity index (χ1) is 10.7. The second-order valence-electron chi connectivity index (χ2n) is 8.91. The van der Waals surface area contributed by atoms with Crippen LogP contribution in [-0.2, 0) is 18.7 Å². The Morgan fingerprint density at radius 2 is 1.83 bits per heavy atom. The lowest BCUT2D eigenvalue weighted by atomic mass is 9.95. The molecular formula is C17H33NO5Si. The van der Waals surface area contributed by atoms with Gasteiger partial charge in [0.2, 0.25) is 0 Å². The fourth-order valence-electron chi connectivity index (χ4n) is 2.08. The Kier molecular flexibility index (Phi) is 6.49. The van der Waals surface area contributed by atoms with Crippen LogP contribution in [0.1, 0.15) is 48.0 Å². The van der Waals surface area contributed by atoms with Crippen molar-refractivity contribution in [2.24, 2.45) is 5.92 Å². The number of ether oxygens (including phenoxy) is 2.